The summed E-state index contributed by atoms with van der Waals surface area (Å²) < 4.78 is 9.83. The highest BCUT2D eigenvalue weighted by atomic mass is 16.5. The van der Waals surface area contributed by atoms with Gasteiger partial charge < -0.3 is 20.1 Å². The zero-order chi connectivity index (χ0) is 14.3. The summed E-state index contributed by atoms with van der Waals surface area (Å²) in [7, 11) is 1.54. The van der Waals surface area contributed by atoms with Crippen molar-refractivity contribution in [3.8, 4) is 5.75 Å². The second-order valence-electron chi connectivity index (χ2n) is 3.80. The first kappa shape index (κ1) is 14.8. The maximum atomic E-state index is 11.7. The second-order valence-corrected chi connectivity index (χ2v) is 3.80. The van der Waals surface area contributed by atoms with Crippen LogP contribution in [0.5, 0.6) is 5.75 Å². The molecule has 1 aromatic carbocycles. The molecule has 0 aromatic heterocycles. The van der Waals surface area contributed by atoms with Crippen LogP contribution < -0.4 is 15.4 Å². The Labute approximate surface area is 112 Å². The number of carbonyl (C=O) groups is 2. The Kier molecular flexibility index (Phi) is 5.66. The SMILES string of the molecule is CCOC(=O)C(C)NC(=O)Nc1cccc(OC)c1. The zero-order valence-electron chi connectivity index (χ0n) is 11.2. The number of hydrogen-bond donors (Lipinski definition) is 2. The van der Waals surface area contributed by atoms with E-state index >= 15 is 0 Å². The molecule has 2 N–H and O–H groups in total. The number of amides is 2. The summed E-state index contributed by atoms with van der Waals surface area (Å²) in [6, 6.07) is 5.73. The lowest BCUT2D eigenvalue weighted by atomic mass is 10.3. The summed E-state index contributed by atoms with van der Waals surface area (Å²) in [5.74, 6) is 0.166. The Morgan fingerprint density at radius 2 is 2.11 bits per heavy atom. The Balaban J connectivity index is 2.52. The monoisotopic (exact) mass is 266 g/mol. The van der Waals surface area contributed by atoms with Crippen molar-refractivity contribution in [3.05, 3.63) is 24.3 Å². The summed E-state index contributed by atoms with van der Waals surface area (Å²) >= 11 is 0. The van der Waals surface area contributed by atoms with Gasteiger partial charge >= 0.3 is 12.0 Å². The molecule has 19 heavy (non-hydrogen) atoms. The average Bonchev–Trinajstić information content (AvgIpc) is 2.39. The van der Waals surface area contributed by atoms with Crippen molar-refractivity contribution < 1.29 is 19.1 Å². The Bertz CT molecular complexity index is 448. The highest BCUT2D eigenvalue weighted by Crippen LogP contribution is 2.16. The van der Waals surface area contributed by atoms with Gasteiger partial charge in [-0.05, 0) is 26.0 Å². The number of methoxy groups -OCH3 is 1. The van der Waals surface area contributed by atoms with Crippen molar-refractivity contribution in [3.63, 3.8) is 0 Å². The van der Waals surface area contributed by atoms with Crippen LogP contribution in [0.2, 0.25) is 0 Å². The van der Waals surface area contributed by atoms with Crippen molar-refractivity contribution in [2.45, 2.75) is 19.9 Å². The number of benzene rings is 1. The largest absolute Gasteiger partial charge is 0.497 e. The van der Waals surface area contributed by atoms with Crippen LogP contribution in [0, 0.1) is 0 Å². The maximum Gasteiger partial charge on any atom is 0.328 e. The van der Waals surface area contributed by atoms with E-state index in [0.29, 0.717) is 11.4 Å². The molecule has 0 saturated heterocycles. The fourth-order valence-corrected chi connectivity index (χ4v) is 1.39. The van der Waals surface area contributed by atoms with Crippen molar-refractivity contribution in [1.29, 1.82) is 0 Å². The number of urea groups is 1. The highest BCUT2D eigenvalue weighted by molar-refractivity contribution is 5.92. The van der Waals surface area contributed by atoms with E-state index in [9.17, 15) is 9.59 Å². The lowest BCUT2D eigenvalue weighted by Gasteiger charge is -2.13. The molecule has 6 nitrogen and oxygen atoms in total. The van der Waals surface area contributed by atoms with E-state index in [4.69, 9.17) is 9.47 Å². The van der Waals surface area contributed by atoms with Gasteiger partial charge in [0, 0.05) is 11.8 Å². The van der Waals surface area contributed by atoms with Crippen LogP contribution in [-0.4, -0.2) is 31.8 Å². The van der Waals surface area contributed by atoms with Gasteiger partial charge in [0.15, 0.2) is 0 Å². The van der Waals surface area contributed by atoms with Gasteiger partial charge in [0.25, 0.3) is 0 Å². The van der Waals surface area contributed by atoms with E-state index in [2.05, 4.69) is 10.6 Å². The standard InChI is InChI=1S/C13H18N2O4/c1-4-19-12(16)9(2)14-13(17)15-10-6-5-7-11(8-10)18-3/h5-9H,4H2,1-3H3,(H2,14,15,17). The minimum Gasteiger partial charge on any atom is -0.497 e. The van der Waals surface area contributed by atoms with Crippen molar-refractivity contribution in [2.24, 2.45) is 0 Å². The van der Waals surface area contributed by atoms with E-state index in [0.717, 1.165) is 0 Å². The van der Waals surface area contributed by atoms with Crippen LogP contribution in [0.25, 0.3) is 0 Å². The molecule has 2 amide bonds. The molecule has 0 aliphatic rings. The number of ether oxygens (including phenoxy) is 2. The number of anilines is 1. The van der Waals surface area contributed by atoms with Gasteiger partial charge in [-0.15, -0.1) is 0 Å². The first-order valence-electron chi connectivity index (χ1n) is 5.95. The predicted molar refractivity (Wildman–Crippen MR) is 71.2 cm³/mol. The molecule has 0 fully saturated rings. The quantitative estimate of drug-likeness (QED) is 0.796. The normalized spacial score (nSPS) is 11.3. The summed E-state index contributed by atoms with van der Waals surface area (Å²) in [4.78, 5) is 23.0. The zero-order valence-corrected chi connectivity index (χ0v) is 11.2. The molecule has 0 bridgehead atoms. The van der Waals surface area contributed by atoms with Crippen molar-refractivity contribution in [2.75, 3.05) is 19.0 Å². The lowest BCUT2D eigenvalue weighted by Crippen LogP contribution is -2.41. The van der Waals surface area contributed by atoms with Crippen LogP contribution >= 0.6 is 0 Å². The van der Waals surface area contributed by atoms with E-state index in [-0.39, 0.29) is 6.61 Å². The third kappa shape index (κ3) is 4.87. The maximum absolute atomic E-state index is 11.7. The van der Waals surface area contributed by atoms with Gasteiger partial charge in [-0.2, -0.15) is 0 Å². The minimum absolute atomic E-state index is 0.280. The molecule has 0 aliphatic heterocycles. The first-order chi connectivity index (χ1) is 9.06. The Hall–Kier alpha value is -2.24. The van der Waals surface area contributed by atoms with Gasteiger partial charge in [-0.3, -0.25) is 0 Å². The molecule has 1 rings (SSSR count). The molecule has 104 valence electrons. The van der Waals surface area contributed by atoms with E-state index in [1.54, 1.807) is 45.2 Å². The van der Waals surface area contributed by atoms with Crippen molar-refractivity contribution >= 4 is 17.7 Å². The van der Waals surface area contributed by atoms with Crippen LogP contribution in [0.3, 0.4) is 0 Å². The number of carbonyl (C=O) groups excluding carboxylic acids is 2. The summed E-state index contributed by atoms with van der Waals surface area (Å²) in [6.45, 7) is 3.55. The molecule has 1 atom stereocenters. The van der Waals surface area contributed by atoms with Gasteiger partial charge in [0.05, 0.1) is 13.7 Å². The predicted octanol–water partition coefficient (Wildman–Crippen LogP) is 1.77. The molecule has 1 aromatic rings. The van der Waals surface area contributed by atoms with Crippen molar-refractivity contribution in [1.82, 2.24) is 5.32 Å². The Morgan fingerprint density at radius 1 is 1.37 bits per heavy atom. The molecule has 0 aliphatic carbocycles. The third-order valence-corrected chi connectivity index (χ3v) is 2.32. The summed E-state index contributed by atoms with van der Waals surface area (Å²) in [6.07, 6.45) is 0. The minimum atomic E-state index is -0.703. The van der Waals surface area contributed by atoms with Gasteiger partial charge in [0.2, 0.25) is 0 Å². The average molecular weight is 266 g/mol. The number of hydrogen-bond acceptors (Lipinski definition) is 4. The fraction of sp³-hybridized carbons (Fsp3) is 0.385. The smallest absolute Gasteiger partial charge is 0.328 e. The molecular formula is C13H18N2O4. The van der Waals surface area contributed by atoms with Crippen LogP contribution in [0.4, 0.5) is 10.5 Å². The van der Waals surface area contributed by atoms with E-state index in [1.807, 2.05) is 0 Å². The third-order valence-electron chi connectivity index (χ3n) is 2.32. The van der Waals surface area contributed by atoms with E-state index < -0.39 is 18.0 Å². The molecule has 0 saturated carbocycles. The van der Waals surface area contributed by atoms with Gasteiger partial charge in [-0.25, -0.2) is 9.59 Å². The Morgan fingerprint density at radius 3 is 2.74 bits per heavy atom. The molecule has 0 spiro atoms. The van der Waals surface area contributed by atoms with Gasteiger partial charge in [-0.1, -0.05) is 6.07 Å². The first-order valence-corrected chi connectivity index (χ1v) is 5.95. The second kappa shape index (κ2) is 7.25. The van der Waals surface area contributed by atoms with Crippen LogP contribution in [-0.2, 0) is 9.53 Å². The molecule has 6 heteroatoms. The number of nitrogens with one attached hydrogen (secondary N) is 2. The van der Waals surface area contributed by atoms with E-state index in [1.165, 1.54) is 0 Å². The number of esters is 1. The summed E-state index contributed by atoms with van der Waals surface area (Å²) in [5.41, 5.74) is 0.577. The highest BCUT2D eigenvalue weighted by Gasteiger charge is 2.16. The number of rotatable bonds is 5. The molecule has 0 heterocycles. The molecular weight excluding hydrogens is 248 g/mol. The molecule has 0 radical (unpaired) electrons. The van der Waals surface area contributed by atoms with Crippen LogP contribution in [0.15, 0.2) is 24.3 Å². The topological polar surface area (TPSA) is 76.7 Å². The van der Waals surface area contributed by atoms with Crippen LogP contribution in [0.1, 0.15) is 13.8 Å². The fourth-order valence-electron chi connectivity index (χ4n) is 1.39. The molecule has 1 unspecified atom stereocenters. The lowest BCUT2D eigenvalue weighted by molar-refractivity contribution is -0.144. The summed E-state index contributed by atoms with van der Waals surface area (Å²) in [5, 5.41) is 5.09. The van der Waals surface area contributed by atoms with Gasteiger partial charge in [0.1, 0.15) is 11.8 Å².